The summed E-state index contributed by atoms with van der Waals surface area (Å²) >= 11 is 6.01. The number of likely N-dealkylation sites (tertiary alicyclic amines) is 1. The highest BCUT2D eigenvalue weighted by atomic mass is 35.5. The lowest BCUT2D eigenvalue weighted by molar-refractivity contribution is -0.137. The first kappa shape index (κ1) is 17.3. The molecule has 2 rings (SSSR count). The van der Waals surface area contributed by atoms with Crippen LogP contribution in [0.4, 0.5) is 0 Å². The molecule has 0 aromatic heterocycles. The van der Waals surface area contributed by atoms with Gasteiger partial charge in [-0.1, -0.05) is 37.6 Å². The van der Waals surface area contributed by atoms with Gasteiger partial charge in [0.1, 0.15) is 0 Å². The Balaban J connectivity index is 2.23. The largest absolute Gasteiger partial charge is 0.342 e. The van der Waals surface area contributed by atoms with E-state index in [1.807, 2.05) is 31.3 Å². The molecule has 1 aliphatic heterocycles. The minimum atomic E-state index is -0.418. The topological polar surface area (TPSA) is 32.3 Å². The summed E-state index contributed by atoms with van der Waals surface area (Å²) in [7, 11) is 1.97. The second-order valence-electron chi connectivity index (χ2n) is 6.26. The Labute approximate surface area is 139 Å². The number of rotatable bonds is 6. The molecule has 1 unspecified atom stereocenters. The van der Waals surface area contributed by atoms with Crippen molar-refractivity contribution < 1.29 is 4.79 Å². The maximum atomic E-state index is 13.2. The highest BCUT2D eigenvalue weighted by Crippen LogP contribution is 2.36. The van der Waals surface area contributed by atoms with Gasteiger partial charge in [-0.2, -0.15) is 0 Å². The van der Waals surface area contributed by atoms with Gasteiger partial charge in [-0.25, -0.2) is 0 Å². The summed E-state index contributed by atoms with van der Waals surface area (Å²) in [5.41, 5.74) is 0.669. The third-order valence-electron chi connectivity index (χ3n) is 5.08. The second kappa shape index (κ2) is 7.47. The van der Waals surface area contributed by atoms with Crippen molar-refractivity contribution in [2.24, 2.45) is 5.92 Å². The monoisotopic (exact) mass is 322 g/mol. The molecule has 4 heteroatoms. The summed E-state index contributed by atoms with van der Waals surface area (Å²) < 4.78 is 0. The fraction of sp³-hybridized carbons (Fsp3) is 0.611. The summed E-state index contributed by atoms with van der Waals surface area (Å²) in [6, 6.07) is 7.79. The second-order valence-corrected chi connectivity index (χ2v) is 6.70. The number of nitrogens with one attached hydrogen (secondary N) is 1. The Morgan fingerprint density at radius 1 is 1.32 bits per heavy atom. The average Bonchev–Trinajstić information content (AvgIpc) is 2.99. The zero-order valence-electron chi connectivity index (χ0n) is 13.9. The van der Waals surface area contributed by atoms with Gasteiger partial charge in [0, 0.05) is 18.1 Å². The van der Waals surface area contributed by atoms with Crippen molar-refractivity contribution in [1.82, 2.24) is 10.2 Å². The van der Waals surface area contributed by atoms with E-state index in [2.05, 4.69) is 24.1 Å². The lowest BCUT2D eigenvalue weighted by atomic mass is 9.74. The summed E-state index contributed by atoms with van der Waals surface area (Å²) in [6.45, 7) is 6.94. The number of carbonyl (C=O) groups excluding carboxylic acids is 1. The van der Waals surface area contributed by atoms with E-state index in [1.165, 1.54) is 0 Å². The Morgan fingerprint density at radius 3 is 2.50 bits per heavy atom. The molecule has 3 nitrogen and oxygen atoms in total. The molecule has 1 aromatic rings. The summed E-state index contributed by atoms with van der Waals surface area (Å²) in [4.78, 5) is 15.3. The Bertz CT molecular complexity index is 496. The molecule has 0 bridgehead atoms. The van der Waals surface area contributed by atoms with Crippen molar-refractivity contribution in [2.45, 2.75) is 38.5 Å². The van der Waals surface area contributed by atoms with Gasteiger partial charge in [-0.05, 0) is 56.5 Å². The first-order valence-corrected chi connectivity index (χ1v) is 8.65. The summed E-state index contributed by atoms with van der Waals surface area (Å²) in [5.74, 6) is 0.851. The molecule has 1 aromatic carbocycles. The zero-order chi connectivity index (χ0) is 16.2. The van der Waals surface area contributed by atoms with E-state index in [4.69, 9.17) is 11.6 Å². The highest BCUT2D eigenvalue weighted by Gasteiger charge is 2.41. The SMILES string of the molecule is CCC(CC)(C(=O)N1CCC(CNC)C1)c1ccc(Cl)cc1. The summed E-state index contributed by atoms with van der Waals surface area (Å²) in [6.07, 6.45) is 2.73. The number of halogens is 1. The van der Waals surface area contributed by atoms with Gasteiger partial charge in [0.15, 0.2) is 0 Å². The first-order chi connectivity index (χ1) is 10.6. The predicted molar refractivity (Wildman–Crippen MR) is 92.3 cm³/mol. The van der Waals surface area contributed by atoms with Crippen LogP contribution in [0, 0.1) is 5.92 Å². The van der Waals surface area contributed by atoms with E-state index in [9.17, 15) is 4.79 Å². The molecular weight excluding hydrogens is 296 g/mol. The van der Waals surface area contributed by atoms with Crippen molar-refractivity contribution in [3.05, 3.63) is 34.9 Å². The molecular formula is C18H27ClN2O. The van der Waals surface area contributed by atoms with Gasteiger partial charge < -0.3 is 10.2 Å². The van der Waals surface area contributed by atoms with Crippen LogP contribution in [-0.4, -0.2) is 37.5 Å². The fourth-order valence-corrected chi connectivity index (χ4v) is 3.75. The lowest BCUT2D eigenvalue weighted by Crippen LogP contribution is -2.45. The van der Waals surface area contributed by atoms with Crippen molar-refractivity contribution in [2.75, 3.05) is 26.7 Å². The van der Waals surface area contributed by atoms with E-state index in [-0.39, 0.29) is 5.91 Å². The quantitative estimate of drug-likeness (QED) is 0.869. The molecule has 1 aliphatic rings. The van der Waals surface area contributed by atoms with Gasteiger partial charge >= 0.3 is 0 Å². The first-order valence-electron chi connectivity index (χ1n) is 8.27. The third-order valence-corrected chi connectivity index (χ3v) is 5.33. The predicted octanol–water partition coefficient (Wildman–Crippen LogP) is 3.47. The van der Waals surface area contributed by atoms with Crippen molar-refractivity contribution in [3.8, 4) is 0 Å². The smallest absolute Gasteiger partial charge is 0.233 e. The minimum Gasteiger partial charge on any atom is -0.342 e. The average molecular weight is 323 g/mol. The maximum Gasteiger partial charge on any atom is 0.233 e. The number of amides is 1. The number of nitrogens with zero attached hydrogens (tertiary/aromatic N) is 1. The van der Waals surface area contributed by atoms with Gasteiger partial charge in [0.25, 0.3) is 0 Å². The molecule has 1 atom stereocenters. The molecule has 1 heterocycles. The van der Waals surface area contributed by atoms with Crippen molar-refractivity contribution >= 4 is 17.5 Å². The van der Waals surface area contributed by atoms with Crippen LogP contribution >= 0.6 is 11.6 Å². The van der Waals surface area contributed by atoms with E-state index in [0.717, 1.165) is 44.5 Å². The molecule has 0 radical (unpaired) electrons. The Morgan fingerprint density at radius 2 is 1.95 bits per heavy atom. The number of benzene rings is 1. The van der Waals surface area contributed by atoms with Gasteiger partial charge in [-0.3, -0.25) is 4.79 Å². The van der Waals surface area contributed by atoms with Crippen LogP contribution in [0.25, 0.3) is 0 Å². The molecule has 1 amide bonds. The minimum absolute atomic E-state index is 0.276. The van der Waals surface area contributed by atoms with Crippen molar-refractivity contribution in [3.63, 3.8) is 0 Å². The number of hydrogen-bond donors (Lipinski definition) is 1. The van der Waals surface area contributed by atoms with Crippen LogP contribution in [0.1, 0.15) is 38.7 Å². The van der Waals surface area contributed by atoms with Crippen LogP contribution in [0.3, 0.4) is 0 Å². The molecule has 0 saturated carbocycles. The van der Waals surface area contributed by atoms with Crippen LogP contribution in [0.2, 0.25) is 5.02 Å². The molecule has 1 N–H and O–H groups in total. The van der Waals surface area contributed by atoms with Crippen LogP contribution < -0.4 is 5.32 Å². The van der Waals surface area contributed by atoms with Gasteiger partial charge in [-0.15, -0.1) is 0 Å². The maximum absolute atomic E-state index is 13.2. The summed E-state index contributed by atoms with van der Waals surface area (Å²) in [5, 5.41) is 3.94. The van der Waals surface area contributed by atoms with Crippen LogP contribution in [0.5, 0.6) is 0 Å². The Hall–Kier alpha value is -1.06. The van der Waals surface area contributed by atoms with Crippen molar-refractivity contribution in [1.29, 1.82) is 0 Å². The highest BCUT2D eigenvalue weighted by molar-refractivity contribution is 6.30. The van der Waals surface area contributed by atoms with E-state index >= 15 is 0 Å². The van der Waals surface area contributed by atoms with E-state index < -0.39 is 5.41 Å². The standard InChI is InChI=1S/C18H27ClN2O/c1-4-18(5-2,15-6-8-16(19)9-7-15)17(22)21-11-10-14(13-21)12-20-3/h6-9,14,20H,4-5,10-13H2,1-3H3. The number of hydrogen-bond acceptors (Lipinski definition) is 2. The third kappa shape index (κ3) is 3.31. The molecule has 0 spiro atoms. The lowest BCUT2D eigenvalue weighted by Gasteiger charge is -2.35. The van der Waals surface area contributed by atoms with Gasteiger partial charge in [0.2, 0.25) is 5.91 Å². The molecule has 22 heavy (non-hydrogen) atoms. The number of carbonyl (C=O) groups is 1. The van der Waals surface area contributed by atoms with Crippen LogP contribution in [-0.2, 0) is 10.2 Å². The fourth-order valence-electron chi connectivity index (χ4n) is 3.63. The van der Waals surface area contributed by atoms with Gasteiger partial charge in [0.05, 0.1) is 5.41 Å². The normalized spacial score (nSPS) is 18.7. The zero-order valence-corrected chi connectivity index (χ0v) is 14.6. The van der Waals surface area contributed by atoms with E-state index in [0.29, 0.717) is 10.9 Å². The Kier molecular flexibility index (Phi) is 5.87. The molecule has 0 aliphatic carbocycles. The molecule has 1 saturated heterocycles. The molecule has 1 fully saturated rings. The molecule has 122 valence electrons. The van der Waals surface area contributed by atoms with Crippen LogP contribution in [0.15, 0.2) is 24.3 Å². The van der Waals surface area contributed by atoms with E-state index in [1.54, 1.807) is 0 Å².